The quantitative estimate of drug-likeness (QED) is 0.781. The molecule has 3 nitrogen and oxygen atoms in total. The number of thiazole rings is 1. The van der Waals surface area contributed by atoms with Gasteiger partial charge in [-0.05, 0) is 5.56 Å². The van der Waals surface area contributed by atoms with Crippen molar-refractivity contribution in [1.82, 2.24) is 15.2 Å². The molecule has 1 unspecified atom stereocenters. The molecule has 0 aliphatic heterocycles. The number of H-pyrrole nitrogens is 1. The summed E-state index contributed by atoms with van der Waals surface area (Å²) < 4.78 is 0. The molecule has 3 aromatic rings. The van der Waals surface area contributed by atoms with Gasteiger partial charge in [-0.15, -0.1) is 11.3 Å². The van der Waals surface area contributed by atoms with E-state index >= 15 is 0 Å². The van der Waals surface area contributed by atoms with Gasteiger partial charge in [0.25, 0.3) is 0 Å². The molecule has 0 saturated heterocycles. The van der Waals surface area contributed by atoms with Crippen LogP contribution in [0, 0.1) is 0 Å². The van der Waals surface area contributed by atoms with Crippen molar-refractivity contribution in [3.63, 3.8) is 0 Å². The first kappa shape index (κ1) is 11.6. The Morgan fingerprint density at radius 3 is 2.90 bits per heavy atom. The molecule has 0 fully saturated rings. The summed E-state index contributed by atoms with van der Waals surface area (Å²) in [5.41, 5.74) is 6.42. The van der Waals surface area contributed by atoms with Crippen LogP contribution in [0.1, 0.15) is 22.5 Å². The van der Waals surface area contributed by atoms with E-state index in [-0.39, 0.29) is 5.41 Å². The third kappa shape index (κ3) is 1.65. The Hall–Kier alpha value is -2.20. The lowest BCUT2D eigenvalue weighted by molar-refractivity contribution is 0.605. The van der Waals surface area contributed by atoms with Gasteiger partial charge in [-0.25, -0.2) is 4.98 Å². The Bertz CT molecular complexity index is 743. The number of allylic oxidation sites excluding steroid dienone is 1. The van der Waals surface area contributed by atoms with Crippen LogP contribution in [0.3, 0.4) is 0 Å². The van der Waals surface area contributed by atoms with Crippen molar-refractivity contribution in [2.24, 2.45) is 0 Å². The Morgan fingerprint density at radius 1 is 1.20 bits per heavy atom. The van der Waals surface area contributed by atoms with Gasteiger partial charge in [0.05, 0.1) is 22.8 Å². The Balaban J connectivity index is 1.92. The summed E-state index contributed by atoms with van der Waals surface area (Å²) in [5, 5.41) is 9.41. The SMILES string of the molecule is C1=CC(c2ccccc2)(c2cscn2)Cc2[nH]ncc21. The number of fused-ring (bicyclic) bond motifs is 1. The van der Waals surface area contributed by atoms with Crippen molar-refractivity contribution < 1.29 is 0 Å². The van der Waals surface area contributed by atoms with Crippen molar-refractivity contribution in [2.75, 3.05) is 0 Å². The second-order valence-corrected chi connectivity index (χ2v) is 5.74. The van der Waals surface area contributed by atoms with Gasteiger partial charge < -0.3 is 0 Å². The average molecular weight is 279 g/mol. The highest BCUT2D eigenvalue weighted by molar-refractivity contribution is 7.07. The summed E-state index contributed by atoms with van der Waals surface area (Å²) in [5.74, 6) is 0. The molecule has 0 bridgehead atoms. The minimum absolute atomic E-state index is 0.194. The standard InChI is InChI=1S/C16H13N3S/c1-2-4-13(5-3-1)16(15-10-20-11-17-15)7-6-12-9-18-19-14(12)8-16/h1-7,9-11H,8H2,(H,18,19). The van der Waals surface area contributed by atoms with E-state index in [1.165, 1.54) is 16.8 Å². The first-order chi connectivity index (χ1) is 9.88. The fourth-order valence-electron chi connectivity index (χ4n) is 2.87. The zero-order valence-electron chi connectivity index (χ0n) is 10.8. The lowest BCUT2D eigenvalue weighted by Gasteiger charge is -2.32. The number of rotatable bonds is 2. The average Bonchev–Trinajstić information content (AvgIpc) is 3.18. The molecule has 4 rings (SSSR count). The predicted octanol–water partition coefficient (Wildman–Crippen LogP) is 3.42. The van der Waals surface area contributed by atoms with Crippen LogP contribution < -0.4 is 0 Å². The van der Waals surface area contributed by atoms with Gasteiger partial charge >= 0.3 is 0 Å². The maximum Gasteiger partial charge on any atom is 0.0795 e. The highest BCUT2D eigenvalue weighted by atomic mass is 32.1. The summed E-state index contributed by atoms with van der Waals surface area (Å²) in [6.07, 6.45) is 7.15. The summed E-state index contributed by atoms with van der Waals surface area (Å²) in [6, 6.07) is 10.6. The van der Waals surface area contributed by atoms with Crippen LogP contribution in [0.2, 0.25) is 0 Å². The lowest BCUT2D eigenvalue weighted by atomic mass is 9.71. The van der Waals surface area contributed by atoms with Crippen LogP contribution in [-0.4, -0.2) is 15.2 Å². The topological polar surface area (TPSA) is 41.6 Å². The van der Waals surface area contributed by atoms with Crippen molar-refractivity contribution in [1.29, 1.82) is 0 Å². The number of nitrogens with one attached hydrogen (secondary N) is 1. The molecule has 4 heteroatoms. The fourth-order valence-corrected chi connectivity index (χ4v) is 3.50. The molecule has 98 valence electrons. The van der Waals surface area contributed by atoms with E-state index < -0.39 is 0 Å². The van der Waals surface area contributed by atoms with Gasteiger partial charge in [0.15, 0.2) is 0 Å². The van der Waals surface area contributed by atoms with Crippen LogP contribution in [0.4, 0.5) is 0 Å². The molecule has 0 saturated carbocycles. The fraction of sp³-hybridized carbons (Fsp3) is 0.125. The molecule has 1 aliphatic carbocycles. The Morgan fingerprint density at radius 2 is 2.10 bits per heavy atom. The van der Waals surface area contributed by atoms with Crippen molar-refractivity contribution in [2.45, 2.75) is 11.8 Å². The monoisotopic (exact) mass is 279 g/mol. The third-order valence-corrected chi connectivity index (χ3v) is 4.52. The van der Waals surface area contributed by atoms with Crippen molar-refractivity contribution >= 4 is 17.4 Å². The maximum absolute atomic E-state index is 4.58. The predicted molar refractivity (Wildman–Crippen MR) is 80.7 cm³/mol. The third-order valence-electron chi connectivity index (χ3n) is 3.93. The molecule has 1 aromatic carbocycles. The van der Waals surface area contributed by atoms with Crippen molar-refractivity contribution in [3.8, 4) is 0 Å². The van der Waals surface area contributed by atoms with Gasteiger partial charge in [-0.2, -0.15) is 5.10 Å². The molecule has 0 spiro atoms. The van der Waals surface area contributed by atoms with Gasteiger partial charge in [-0.1, -0.05) is 42.5 Å². The van der Waals surface area contributed by atoms with Crippen LogP contribution in [-0.2, 0) is 11.8 Å². The van der Waals surface area contributed by atoms with Crippen molar-refractivity contribution in [3.05, 3.63) is 76.0 Å². The smallest absolute Gasteiger partial charge is 0.0795 e. The second kappa shape index (κ2) is 4.42. The number of hydrogen-bond acceptors (Lipinski definition) is 3. The van der Waals surface area contributed by atoms with E-state index in [1.807, 2.05) is 17.8 Å². The molecule has 0 amide bonds. The number of hydrogen-bond donors (Lipinski definition) is 1. The van der Waals surface area contributed by atoms with Gasteiger partial charge in [0.1, 0.15) is 0 Å². The summed E-state index contributed by atoms with van der Waals surface area (Å²) in [7, 11) is 0. The van der Waals surface area contributed by atoms with Crippen LogP contribution >= 0.6 is 11.3 Å². The zero-order chi connectivity index (χ0) is 13.4. The van der Waals surface area contributed by atoms with E-state index in [0.29, 0.717) is 0 Å². The molecule has 1 aliphatic rings. The minimum Gasteiger partial charge on any atom is -0.282 e. The molecule has 2 heterocycles. The summed E-state index contributed by atoms with van der Waals surface area (Å²) >= 11 is 1.64. The minimum atomic E-state index is -0.194. The maximum atomic E-state index is 4.58. The normalized spacial score (nSPS) is 20.8. The number of nitrogens with zero attached hydrogens (tertiary/aromatic N) is 2. The molecule has 20 heavy (non-hydrogen) atoms. The highest BCUT2D eigenvalue weighted by Gasteiger charge is 2.37. The zero-order valence-corrected chi connectivity index (χ0v) is 11.6. The summed E-state index contributed by atoms with van der Waals surface area (Å²) in [4.78, 5) is 4.58. The van der Waals surface area contributed by atoms with E-state index in [0.717, 1.165) is 12.1 Å². The van der Waals surface area contributed by atoms with Gasteiger partial charge in [0, 0.05) is 23.1 Å². The van der Waals surface area contributed by atoms with E-state index in [9.17, 15) is 0 Å². The van der Waals surface area contributed by atoms with E-state index in [2.05, 4.69) is 57.0 Å². The first-order valence-electron chi connectivity index (χ1n) is 6.54. The van der Waals surface area contributed by atoms with Gasteiger partial charge in [-0.3, -0.25) is 5.10 Å². The molecule has 1 atom stereocenters. The molecule has 2 aromatic heterocycles. The van der Waals surface area contributed by atoms with Gasteiger partial charge in [0.2, 0.25) is 0 Å². The largest absolute Gasteiger partial charge is 0.282 e. The Labute approximate surface area is 121 Å². The Kier molecular flexibility index (Phi) is 2.57. The second-order valence-electron chi connectivity index (χ2n) is 5.03. The van der Waals surface area contributed by atoms with Crippen LogP contribution in [0.15, 0.2) is 53.5 Å². The van der Waals surface area contributed by atoms with Crippen LogP contribution in [0.5, 0.6) is 0 Å². The molecular formula is C16H13N3S. The highest BCUT2D eigenvalue weighted by Crippen LogP contribution is 2.40. The van der Waals surface area contributed by atoms with E-state index in [1.54, 1.807) is 11.3 Å². The van der Waals surface area contributed by atoms with E-state index in [4.69, 9.17) is 0 Å². The summed E-state index contributed by atoms with van der Waals surface area (Å²) in [6.45, 7) is 0. The lowest BCUT2D eigenvalue weighted by Crippen LogP contribution is -2.30. The molecule has 0 radical (unpaired) electrons. The number of aromatic amines is 1. The number of benzene rings is 1. The molecular weight excluding hydrogens is 266 g/mol. The number of aromatic nitrogens is 3. The molecule has 1 N–H and O–H groups in total. The first-order valence-corrected chi connectivity index (χ1v) is 7.48. The van der Waals surface area contributed by atoms with Crippen LogP contribution in [0.25, 0.3) is 6.08 Å².